The van der Waals surface area contributed by atoms with Crippen molar-refractivity contribution in [1.29, 1.82) is 0 Å². The molecule has 1 aliphatic heterocycles. The quantitative estimate of drug-likeness (QED) is 0.128. The lowest BCUT2D eigenvalue weighted by Crippen LogP contribution is -2.76. The largest absolute Gasteiger partial charge is 0.456 e. The third kappa shape index (κ3) is 4.75. The van der Waals surface area contributed by atoms with E-state index in [2.05, 4.69) is 182 Å². The predicted octanol–water partition coefficient (Wildman–Crippen LogP) is 9.05. The van der Waals surface area contributed by atoms with E-state index in [0.717, 1.165) is 50.4 Å². The van der Waals surface area contributed by atoms with E-state index in [0.29, 0.717) is 0 Å². The summed E-state index contributed by atoms with van der Waals surface area (Å²) in [6, 6.07) is 63.5. The molecule has 0 atom stereocenters. The molecular weight excluding hydrogens is 675 g/mol. The van der Waals surface area contributed by atoms with Crippen molar-refractivity contribution in [2.75, 3.05) is 0 Å². The van der Waals surface area contributed by atoms with Crippen LogP contribution in [0.5, 0.6) is 11.5 Å². The summed E-state index contributed by atoms with van der Waals surface area (Å²) in [5.41, 5.74) is 6.20. The van der Waals surface area contributed by atoms with Crippen LogP contribution in [0.4, 0.5) is 0 Å². The van der Waals surface area contributed by atoms with Crippen LogP contribution in [0.3, 0.4) is 0 Å². The highest BCUT2D eigenvalue weighted by atomic mass is 28.3. The van der Waals surface area contributed by atoms with Gasteiger partial charge in [-0.1, -0.05) is 147 Å². The molecule has 0 radical (unpaired) electrons. The number of para-hydroxylation sites is 2. The number of ether oxygens (including phenoxy) is 1. The second kappa shape index (κ2) is 12.5. The zero-order chi connectivity index (χ0) is 36.3. The summed E-state index contributed by atoms with van der Waals surface area (Å²) >= 11 is 0. The van der Waals surface area contributed by atoms with E-state index in [1.807, 2.05) is 24.5 Å². The van der Waals surface area contributed by atoms with E-state index in [1.165, 1.54) is 31.9 Å². The van der Waals surface area contributed by atoms with E-state index in [9.17, 15) is 0 Å². The van der Waals surface area contributed by atoms with Gasteiger partial charge in [-0.3, -0.25) is 9.55 Å². The molecule has 54 heavy (non-hydrogen) atoms. The lowest BCUT2D eigenvalue weighted by molar-refractivity contribution is 0.424. The van der Waals surface area contributed by atoms with Gasteiger partial charge in [-0.25, -0.2) is 4.98 Å². The van der Waals surface area contributed by atoms with Gasteiger partial charge in [-0.05, 0) is 63.2 Å². The summed E-state index contributed by atoms with van der Waals surface area (Å²) in [5.74, 6) is 2.68. The maximum absolute atomic E-state index is 7.30. The van der Waals surface area contributed by atoms with Crippen LogP contribution < -0.4 is 25.5 Å². The van der Waals surface area contributed by atoms with E-state index >= 15 is 0 Å². The summed E-state index contributed by atoms with van der Waals surface area (Å²) in [6.07, 6.45) is 3.75. The fraction of sp³-hybridized carbons (Fsp3) is 0.0612. The Kier molecular flexibility index (Phi) is 7.46. The fourth-order valence-electron chi connectivity index (χ4n) is 8.95. The van der Waals surface area contributed by atoms with Gasteiger partial charge >= 0.3 is 0 Å². The SMILES string of the molecule is CC1(C)c2ccccc2Oc2c1c([Si](c1ccccc1)(c1ccccc1)c1cccc(-c3ccccn3)c1)cc1c2c2ccccc2n1-c1ccccn1. The van der Waals surface area contributed by atoms with Crippen molar-refractivity contribution in [3.8, 4) is 28.6 Å². The van der Waals surface area contributed by atoms with Gasteiger partial charge in [-0.15, -0.1) is 0 Å². The third-order valence-electron chi connectivity index (χ3n) is 11.3. The molecule has 5 heteroatoms. The molecule has 0 bridgehead atoms. The van der Waals surface area contributed by atoms with Gasteiger partial charge in [-0.2, -0.15) is 0 Å². The normalized spacial score (nSPS) is 13.3. The van der Waals surface area contributed by atoms with Crippen LogP contribution in [0.1, 0.15) is 25.0 Å². The van der Waals surface area contributed by atoms with Crippen LogP contribution in [0.2, 0.25) is 0 Å². The molecular formula is C49H37N3OSi. The third-order valence-corrected chi connectivity index (χ3v) is 16.0. The summed E-state index contributed by atoms with van der Waals surface area (Å²) in [7, 11) is -3.19. The van der Waals surface area contributed by atoms with Gasteiger partial charge < -0.3 is 4.74 Å². The zero-order valence-corrected chi connectivity index (χ0v) is 31.1. The Balaban J connectivity index is 1.45. The van der Waals surface area contributed by atoms with Crippen LogP contribution in [0.15, 0.2) is 188 Å². The van der Waals surface area contributed by atoms with Crippen molar-refractivity contribution in [2.24, 2.45) is 0 Å². The molecule has 4 nitrogen and oxygen atoms in total. The van der Waals surface area contributed by atoms with E-state index in [4.69, 9.17) is 14.7 Å². The van der Waals surface area contributed by atoms with Gasteiger partial charge in [0.05, 0.1) is 22.1 Å². The molecule has 0 N–H and O–H groups in total. The second-order valence-corrected chi connectivity index (χ2v) is 18.3. The molecule has 0 fully saturated rings. The predicted molar refractivity (Wildman–Crippen MR) is 224 cm³/mol. The Labute approximate surface area is 316 Å². The number of hydrogen-bond acceptors (Lipinski definition) is 3. The highest BCUT2D eigenvalue weighted by Gasteiger charge is 2.49. The van der Waals surface area contributed by atoms with Crippen molar-refractivity contribution in [2.45, 2.75) is 19.3 Å². The van der Waals surface area contributed by atoms with Gasteiger partial charge in [0.2, 0.25) is 0 Å². The highest BCUT2D eigenvalue weighted by Crippen LogP contribution is 2.52. The van der Waals surface area contributed by atoms with E-state index in [1.54, 1.807) is 0 Å². The van der Waals surface area contributed by atoms with E-state index < -0.39 is 13.5 Å². The van der Waals surface area contributed by atoms with Crippen molar-refractivity contribution in [1.82, 2.24) is 14.5 Å². The molecule has 0 spiro atoms. The monoisotopic (exact) mass is 711 g/mol. The molecule has 6 aromatic carbocycles. The first-order valence-corrected chi connectivity index (χ1v) is 20.5. The molecule has 1 aliphatic rings. The number of fused-ring (bicyclic) bond motifs is 6. The molecule has 10 rings (SSSR count). The van der Waals surface area contributed by atoms with Crippen LogP contribution in [-0.2, 0) is 5.41 Å². The van der Waals surface area contributed by atoms with Gasteiger partial charge in [0.1, 0.15) is 17.3 Å². The van der Waals surface area contributed by atoms with Crippen LogP contribution in [0, 0.1) is 0 Å². The summed E-state index contributed by atoms with van der Waals surface area (Å²) in [4.78, 5) is 9.74. The van der Waals surface area contributed by atoms with Crippen LogP contribution in [0.25, 0.3) is 38.9 Å². The Hall–Kier alpha value is -6.56. The van der Waals surface area contributed by atoms with Crippen molar-refractivity contribution in [3.05, 3.63) is 199 Å². The highest BCUT2D eigenvalue weighted by molar-refractivity contribution is 7.20. The smallest absolute Gasteiger partial charge is 0.180 e. The van der Waals surface area contributed by atoms with E-state index in [-0.39, 0.29) is 0 Å². The summed E-state index contributed by atoms with van der Waals surface area (Å²) in [5, 5.41) is 7.40. The molecule has 3 aromatic heterocycles. The molecule has 9 aromatic rings. The number of hydrogen-bond donors (Lipinski definition) is 0. The summed E-state index contributed by atoms with van der Waals surface area (Å²) in [6.45, 7) is 4.75. The fourth-order valence-corrected chi connectivity index (χ4v) is 14.1. The number of nitrogens with zero attached hydrogens (tertiary/aromatic N) is 3. The lowest BCUT2D eigenvalue weighted by Gasteiger charge is -2.42. The molecule has 0 saturated heterocycles. The first-order chi connectivity index (χ1) is 26.6. The Morgan fingerprint density at radius 2 is 1.20 bits per heavy atom. The molecule has 258 valence electrons. The van der Waals surface area contributed by atoms with Crippen molar-refractivity contribution < 1.29 is 4.74 Å². The number of benzene rings is 6. The van der Waals surface area contributed by atoms with Crippen LogP contribution in [-0.4, -0.2) is 22.6 Å². The van der Waals surface area contributed by atoms with Crippen LogP contribution >= 0.6 is 0 Å². The second-order valence-electron chi connectivity index (χ2n) is 14.6. The molecule has 4 heterocycles. The molecule has 0 aliphatic carbocycles. The van der Waals surface area contributed by atoms with Crippen molar-refractivity contribution >= 4 is 50.6 Å². The Bertz CT molecular complexity index is 2780. The minimum atomic E-state index is -3.19. The average Bonchev–Trinajstić information content (AvgIpc) is 3.57. The minimum absolute atomic E-state index is 0.414. The standard InChI is InChI=1S/C49H37N3OSi/c1-49(2)39-25-10-12-28-43(39)53-48-46-38-24-9-11-27-41(38)52(45-29-14-16-31-51-45)42(46)33-44(47(48)49)54(35-19-5-3-6-20-35,36-21-7-4-8-22-36)37-23-17-18-34(32-37)40-26-13-15-30-50-40/h3-33H,1-2H3. The first-order valence-electron chi connectivity index (χ1n) is 18.5. The summed E-state index contributed by atoms with van der Waals surface area (Å²) < 4.78 is 9.62. The maximum atomic E-state index is 7.30. The molecule has 0 saturated carbocycles. The molecule has 0 amide bonds. The average molecular weight is 712 g/mol. The maximum Gasteiger partial charge on any atom is 0.180 e. The first kappa shape index (κ1) is 32.1. The van der Waals surface area contributed by atoms with Gasteiger partial charge in [0.15, 0.2) is 8.07 Å². The van der Waals surface area contributed by atoms with Gasteiger partial charge in [0.25, 0.3) is 0 Å². The lowest BCUT2D eigenvalue weighted by atomic mass is 9.75. The Morgan fingerprint density at radius 3 is 1.93 bits per heavy atom. The number of rotatable bonds is 6. The van der Waals surface area contributed by atoms with Crippen molar-refractivity contribution in [3.63, 3.8) is 0 Å². The minimum Gasteiger partial charge on any atom is -0.456 e. The topological polar surface area (TPSA) is 39.9 Å². The Morgan fingerprint density at radius 1 is 0.556 bits per heavy atom. The number of pyridine rings is 2. The zero-order valence-electron chi connectivity index (χ0n) is 30.1. The van der Waals surface area contributed by atoms with Gasteiger partial charge in [0, 0.05) is 39.9 Å². The molecule has 0 unspecified atom stereocenters. The number of aromatic nitrogens is 3.